The predicted octanol–water partition coefficient (Wildman–Crippen LogP) is 2.78. The van der Waals surface area contributed by atoms with Gasteiger partial charge in [-0.1, -0.05) is 17.4 Å². The number of nitrogens with one attached hydrogen (secondary N) is 1. The molecule has 0 bridgehead atoms. The number of benzene rings is 1. The summed E-state index contributed by atoms with van der Waals surface area (Å²) in [7, 11) is 2.90. The summed E-state index contributed by atoms with van der Waals surface area (Å²) in [6.45, 7) is 0. The van der Waals surface area contributed by atoms with Crippen molar-refractivity contribution in [1.29, 1.82) is 0 Å². The molecule has 1 saturated carbocycles. The van der Waals surface area contributed by atoms with Crippen LogP contribution in [0.3, 0.4) is 0 Å². The molecule has 14 heteroatoms. The quantitative estimate of drug-likeness (QED) is 0.260. The molecule has 4 rings (SSSR count). The summed E-state index contributed by atoms with van der Waals surface area (Å²) in [6, 6.07) is 6.36. The lowest BCUT2D eigenvalue weighted by molar-refractivity contribution is -0.127. The van der Waals surface area contributed by atoms with E-state index in [0.717, 1.165) is 24.2 Å². The first-order valence-electron chi connectivity index (χ1n) is 11.8. The van der Waals surface area contributed by atoms with Gasteiger partial charge in [-0.25, -0.2) is 9.79 Å². The van der Waals surface area contributed by atoms with Gasteiger partial charge in [0.05, 0.1) is 19.8 Å². The van der Waals surface area contributed by atoms with E-state index in [-0.39, 0.29) is 39.0 Å². The fourth-order valence-electron chi connectivity index (χ4n) is 3.94. The van der Waals surface area contributed by atoms with Crippen molar-refractivity contribution in [3.8, 4) is 28.4 Å². The Kier molecular flexibility index (Phi) is 8.56. The Bertz CT molecular complexity index is 1470. The summed E-state index contributed by atoms with van der Waals surface area (Å²) in [4.78, 5) is 42.8. The van der Waals surface area contributed by atoms with Crippen LogP contribution < -0.4 is 36.6 Å². The van der Waals surface area contributed by atoms with Gasteiger partial charge in [0.2, 0.25) is 16.0 Å². The normalized spacial score (nSPS) is 15.8. The van der Waals surface area contributed by atoms with Gasteiger partial charge in [0, 0.05) is 12.0 Å². The highest BCUT2D eigenvalue weighted by Gasteiger charge is 2.30. The maximum Gasteiger partial charge on any atom is 0.379 e. The van der Waals surface area contributed by atoms with E-state index in [9.17, 15) is 14.4 Å². The molecule has 1 aromatic carbocycles. The Balaban J connectivity index is 1.75. The number of nitrogens with zero attached hydrogens (tertiary/aromatic N) is 3. The number of aromatic nitrogens is 2. The number of rotatable bonds is 9. The van der Waals surface area contributed by atoms with Crippen molar-refractivity contribution < 1.29 is 28.2 Å². The van der Waals surface area contributed by atoms with Crippen LogP contribution in [-0.4, -0.2) is 48.0 Å². The maximum absolute atomic E-state index is 13.2. The van der Waals surface area contributed by atoms with Crippen LogP contribution in [0.5, 0.6) is 17.2 Å². The summed E-state index contributed by atoms with van der Waals surface area (Å²) in [5, 5.41) is 10.5. The molecule has 1 atom stereocenters. The zero-order valence-electron chi connectivity index (χ0n) is 21.1. The minimum Gasteiger partial charge on any atom is -0.496 e. The van der Waals surface area contributed by atoms with Crippen LogP contribution in [-0.2, 0) is 4.79 Å². The van der Waals surface area contributed by atoms with Crippen LogP contribution >= 0.6 is 11.3 Å². The van der Waals surface area contributed by atoms with Gasteiger partial charge in [-0.2, -0.15) is 0 Å². The molecule has 0 unspecified atom stereocenters. The third-order valence-corrected chi connectivity index (χ3v) is 6.45. The largest absolute Gasteiger partial charge is 0.496 e. The van der Waals surface area contributed by atoms with Gasteiger partial charge in [-0.3, -0.25) is 14.9 Å². The Labute approximate surface area is 226 Å². The Morgan fingerprint density at radius 2 is 1.95 bits per heavy atom. The number of nitrogens with two attached hydrogens (primary N) is 2. The van der Waals surface area contributed by atoms with Crippen molar-refractivity contribution >= 4 is 39.1 Å². The highest BCUT2D eigenvalue weighted by atomic mass is 32.1. The second-order valence-corrected chi connectivity index (χ2v) is 9.19. The molecular formula is C25H26N6O7S. The second-order valence-electron chi connectivity index (χ2n) is 8.24. The van der Waals surface area contributed by atoms with Crippen molar-refractivity contribution in [2.75, 3.05) is 19.5 Å². The zero-order chi connectivity index (χ0) is 27.9. The summed E-state index contributed by atoms with van der Waals surface area (Å²) < 4.78 is 22.3. The number of Topliss-reactive ketones (excluding diaryl/α,β-unsaturated/α-hetero) is 1. The standard InChI is InChI=1S/C25H26N6O7S/c1-35-16-8-5-9-17(36-2)20(16)13-12-18(38-23(34)21(13)37-15-7-4-3-6-14(15)32)22(33)29-25-31-30-24(39-25)28-19(27)10-11-26/h5,8-12,15H,3-4,6-7,26H2,1-2H3,(H2,27,28,30)(H,29,31,33)/b11-10-/t15-/m0/s1. The molecule has 0 spiro atoms. The van der Waals surface area contributed by atoms with Crippen LogP contribution in [0.1, 0.15) is 36.2 Å². The lowest BCUT2D eigenvalue weighted by Gasteiger charge is -2.23. The van der Waals surface area contributed by atoms with Gasteiger partial charge >= 0.3 is 5.63 Å². The third-order valence-electron chi connectivity index (χ3n) is 5.71. The van der Waals surface area contributed by atoms with Gasteiger partial charge < -0.3 is 30.1 Å². The summed E-state index contributed by atoms with van der Waals surface area (Å²) in [5.41, 5.74) is 10.5. The molecule has 0 saturated heterocycles. The molecule has 0 aliphatic heterocycles. The zero-order valence-corrected chi connectivity index (χ0v) is 21.9. The number of aliphatic imine (C=N–C) groups is 1. The highest BCUT2D eigenvalue weighted by Crippen LogP contribution is 2.42. The molecule has 1 amide bonds. The number of amidine groups is 1. The third kappa shape index (κ3) is 6.23. The monoisotopic (exact) mass is 554 g/mol. The van der Waals surface area contributed by atoms with Crippen LogP contribution in [0.4, 0.5) is 10.3 Å². The lowest BCUT2D eigenvalue weighted by atomic mass is 9.96. The molecule has 1 fully saturated rings. The summed E-state index contributed by atoms with van der Waals surface area (Å²) in [5.74, 6) is -0.688. The number of hydrogen-bond donors (Lipinski definition) is 3. The average molecular weight is 555 g/mol. The van der Waals surface area contributed by atoms with Crippen LogP contribution in [0.2, 0.25) is 0 Å². The first-order chi connectivity index (χ1) is 18.8. The Hall–Kier alpha value is -4.72. The molecular weight excluding hydrogens is 528 g/mol. The van der Waals surface area contributed by atoms with Crippen molar-refractivity contribution in [3.63, 3.8) is 0 Å². The van der Waals surface area contributed by atoms with E-state index in [4.69, 9.17) is 30.1 Å². The van der Waals surface area contributed by atoms with Gasteiger partial charge in [0.15, 0.2) is 17.6 Å². The molecule has 1 aliphatic rings. The topological polar surface area (TPSA) is 194 Å². The number of ketones is 1. The van der Waals surface area contributed by atoms with Crippen LogP contribution in [0, 0.1) is 0 Å². The minimum atomic E-state index is -0.951. The molecule has 13 nitrogen and oxygen atoms in total. The first-order valence-corrected chi connectivity index (χ1v) is 12.6. The number of carbonyl (C=O) groups is 2. The van der Waals surface area contributed by atoms with Crippen molar-refractivity contribution in [2.24, 2.45) is 16.5 Å². The number of methoxy groups -OCH3 is 2. The van der Waals surface area contributed by atoms with Crippen LogP contribution in [0.15, 0.2) is 50.7 Å². The van der Waals surface area contributed by atoms with Crippen LogP contribution in [0.25, 0.3) is 11.1 Å². The first kappa shape index (κ1) is 27.3. The minimum absolute atomic E-state index is 0.0791. The number of hydrogen-bond acceptors (Lipinski definition) is 12. The van der Waals surface area contributed by atoms with Gasteiger partial charge in [-0.05, 0) is 49.7 Å². The predicted molar refractivity (Wildman–Crippen MR) is 144 cm³/mol. The van der Waals surface area contributed by atoms with E-state index in [1.807, 2.05) is 0 Å². The van der Waals surface area contributed by atoms with Gasteiger partial charge in [-0.15, -0.1) is 10.2 Å². The van der Waals surface area contributed by atoms with Crippen molar-refractivity contribution in [3.05, 3.63) is 52.7 Å². The fourth-order valence-corrected chi connectivity index (χ4v) is 4.57. The molecule has 5 N–H and O–H groups in total. The highest BCUT2D eigenvalue weighted by molar-refractivity contribution is 7.18. The van der Waals surface area contributed by atoms with Crippen molar-refractivity contribution in [1.82, 2.24) is 10.2 Å². The molecule has 2 heterocycles. The van der Waals surface area contributed by atoms with E-state index in [0.29, 0.717) is 29.9 Å². The second kappa shape index (κ2) is 12.2. The number of anilines is 1. The number of carbonyl (C=O) groups excluding carboxylic acids is 2. The molecule has 204 valence electrons. The molecule has 3 aromatic rings. The molecule has 0 radical (unpaired) electrons. The lowest BCUT2D eigenvalue weighted by Crippen LogP contribution is -2.32. The molecule has 2 aromatic heterocycles. The number of amides is 1. The van der Waals surface area contributed by atoms with Gasteiger partial charge in [0.25, 0.3) is 5.91 Å². The van der Waals surface area contributed by atoms with E-state index in [2.05, 4.69) is 20.5 Å². The van der Waals surface area contributed by atoms with E-state index < -0.39 is 17.6 Å². The summed E-state index contributed by atoms with van der Waals surface area (Å²) >= 11 is 0.935. The fraction of sp³-hybridized carbons (Fsp3) is 0.280. The smallest absolute Gasteiger partial charge is 0.379 e. The van der Waals surface area contributed by atoms with E-state index >= 15 is 0 Å². The molecule has 39 heavy (non-hydrogen) atoms. The van der Waals surface area contributed by atoms with E-state index in [1.54, 1.807) is 18.2 Å². The number of ether oxygens (including phenoxy) is 3. The Morgan fingerprint density at radius 3 is 2.62 bits per heavy atom. The average Bonchev–Trinajstić information content (AvgIpc) is 3.36. The summed E-state index contributed by atoms with van der Waals surface area (Å²) in [6.07, 6.45) is 4.11. The van der Waals surface area contributed by atoms with Crippen molar-refractivity contribution in [2.45, 2.75) is 31.8 Å². The Morgan fingerprint density at radius 1 is 1.21 bits per heavy atom. The maximum atomic E-state index is 13.2. The van der Waals surface area contributed by atoms with E-state index in [1.165, 1.54) is 32.6 Å². The molecule has 1 aliphatic carbocycles. The SMILES string of the molecule is COc1cccc(OC)c1-c1cc(C(=O)Nc2nnc(/N=C(N)/C=C\N)s2)oc(=O)c1O[C@H]1CCCCC1=O. The van der Waals surface area contributed by atoms with Gasteiger partial charge in [0.1, 0.15) is 17.3 Å².